The van der Waals surface area contributed by atoms with Gasteiger partial charge in [0.1, 0.15) is 6.54 Å². The summed E-state index contributed by atoms with van der Waals surface area (Å²) in [4.78, 5) is 24.6. The Balaban J connectivity index is 1.79. The van der Waals surface area contributed by atoms with Crippen molar-refractivity contribution in [2.75, 3.05) is 5.32 Å². The second kappa shape index (κ2) is 6.42. The van der Waals surface area contributed by atoms with E-state index in [1.165, 1.54) is 9.13 Å². The summed E-state index contributed by atoms with van der Waals surface area (Å²) in [5, 5.41) is 11.4. The van der Waals surface area contributed by atoms with Gasteiger partial charge in [-0.05, 0) is 29.8 Å². The predicted octanol–water partition coefficient (Wildman–Crippen LogP) is 2.04. The molecule has 0 unspecified atom stereocenters. The van der Waals surface area contributed by atoms with Crippen LogP contribution in [0.3, 0.4) is 0 Å². The molecule has 6 nitrogen and oxygen atoms in total. The summed E-state index contributed by atoms with van der Waals surface area (Å²) in [6.07, 6.45) is 0.333. The first-order valence-corrected chi connectivity index (χ1v) is 7.50. The minimum absolute atomic E-state index is 0.0554. The quantitative estimate of drug-likeness (QED) is 0.799. The average molecular weight is 320 g/mol. The van der Waals surface area contributed by atoms with Gasteiger partial charge in [0, 0.05) is 12.7 Å². The molecule has 0 saturated heterocycles. The fourth-order valence-corrected chi connectivity index (χ4v) is 2.66. The minimum Gasteiger partial charge on any atom is -0.325 e. The number of benzene rings is 2. The number of hydrogen-bond acceptors (Lipinski definition) is 3. The third-order valence-corrected chi connectivity index (χ3v) is 3.87. The fourth-order valence-electron chi connectivity index (χ4n) is 2.66. The molecule has 1 N–H and O–H groups in total. The van der Waals surface area contributed by atoms with Gasteiger partial charge in [0.2, 0.25) is 5.91 Å². The Morgan fingerprint density at radius 1 is 1.12 bits per heavy atom. The van der Waals surface area contributed by atoms with Crippen molar-refractivity contribution in [2.24, 2.45) is 7.05 Å². The lowest BCUT2D eigenvalue weighted by molar-refractivity contribution is -0.116. The fraction of sp³-hybridized carbons (Fsp3) is 0.167. The lowest BCUT2D eigenvalue weighted by atomic mass is 10.1. The molecule has 3 aromatic rings. The zero-order chi connectivity index (χ0) is 17.1. The van der Waals surface area contributed by atoms with E-state index in [4.69, 9.17) is 5.26 Å². The number of carbonyl (C=O) groups is 1. The molecule has 2 aromatic carbocycles. The number of para-hydroxylation sites is 2. The van der Waals surface area contributed by atoms with Gasteiger partial charge in [0.15, 0.2) is 0 Å². The van der Waals surface area contributed by atoms with Crippen molar-refractivity contribution < 1.29 is 4.79 Å². The van der Waals surface area contributed by atoms with Gasteiger partial charge in [-0.25, -0.2) is 4.79 Å². The molecule has 1 heterocycles. The number of hydrogen-bond donors (Lipinski definition) is 1. The van der Waals surface area contributed by atoms with Crippen LogP contribution in [-0.2, 0) is 24.8 Å². The Morgan fingerprint density at radius 3 is 2.46 bits per heavy atom. The lowest BCUT2D eigenvalue weighted by Gasteiger charge is -2.07. The van der Waals surface area contributed by atoms with Crippen LogP contribution in [0.2, 0.25) is 0 Å². The van der Waals surface area contributed by atoms with Crippen LogP contribution in [0.15, 0.2) is 53.3 Å². The normalized spacial score (nSPS) is 10.5. The molecule has 1 amide bonds. The molecule has 0 aliphatic heterocycles. The van der Waals surface area contributed by atoms with Crippen LogP contribution in [-0.4, -0.2) is 15.0 Å². The topological polar surface area (TPSA) is 79.8 Å². The lowest BCUT2D eigenvalue weighted by Crippen LogP contribution is -2.28. The molecule has 0 aliphatic rings. The van der Waals surface area contributed by atoms with Crippen LogP contribution < -0.4 is 11.0 Å². The van der Waals surface area contributed by atoms with Gasteiger partial charge in [-0.15, -0.1) is 0 Å². The van der Waals surface area contributed by atoms with E-state index >= 15 is 0 Å². The summed E-state index contributed by atoms with van der Waals surface area (Å²) in [6.45, 7) is -0.0554. The number of amides is 1. The molecule has 6 heteroatoms. The van der Waals surface area contributed by atoms with E-state index in [-0.39, 0.29) is 18.1 Å². The smallest absolute Gasteiger partial charge is 0.325 e. The minimum atomic E-state index is -0.276. The molecule has 0 atom stereocenters. The maximum absolute atomic E-state index is 12.3. The maximum Gasteiger partial charge on any atom is 0.329 e. The van der Waals surface area contributed by atoms with Crippen molar-refractivity contribution in [3.8, 4) is 6.07 Å². The predicted molar refractivity (Wildman–Crippen MR) is 91.6 cm³/mol. The molecule has 120 valence electrons. The number of imidazole rings is 1. The Kier molecular flexibility index (Phi) is 4.17. The van der Waals surface area contributed by atoms with E-state index in [0.717, 1.165) is 16.6 Å². The van der Waals surface area contributed by atoms with Crippen molar-refractivity contribution in [1.29, 1.82) is 5.26 Å². The molecule has 0 spiro atoms. The molecule has 0 aliphatic carbocycles. The Labute approximate surface area is 138 Å². The number of rotatable bonds is 4. The molecule has 0 saturated carbocycles. The zero-order valence-electron chi connectivity index (χ0n) is 13.2. The Hall–Kier alpha value is -3.33. The van der Waals surface area contributed by atoms with Crippen LogP contribution in [0, 0.1) is 11.3 Å². The summed E-state index contributed by atoms with van der Waals surface area (Å²) in [5.74, 6) is -0.276. The summed E-state index contributed by atoms with van der Waals surface area (Å²) in [7, 11) is 1.69. The van der Waals surface area contributed by atoms with Crippen LogP contribution in [0.25, 0.3) is 11.0 Å². The van der Waals surface area contributed by atoms with E-state index in [1.54, 1.807) is 31.3 Å². The average Bonchev–Trinajstić information content (AvgIpc) is 2.82. The number of nitrogens with one attached hydrogen (secondary N) is 1. The summed E-state index contributed by atoms with van der Waals surface area (Å²) in [5.41, 5.74) is 2.81. The number of nitriles is 1. The van der Waals surface area contributed by atoms with Gasteiger partial charge < -0.3 is 5.32 Å². The van der Waals surface area contributed by atoms with Crippen LogP contribution in [0.1, 0.15) is 5.56 Å². The van der Waals surface area contributed by atoms with Gasteiger partial charge in [-0.3, -0.25) is 13.9 Å². The number of nitrogens with zero attached hydrogens (tertiary/aromatic N) is 3. The van der Waals surface area contributed by atoms with E-state index in [2.05, 4.69) is 11.4 Å². The summed E-state index contributed by atoms with van der Waals surface area (Å²) < 4.78 is 2.98. The Bertz CT molecular complexity index is 991. The summed E-state index contributed by atoms with van der Waals surface area (Å²) in [6, 6.07) is 16.5. The monoisotopic (exact) mass is 320 g/mol. The number of carbonyl (C=O) groups excluding carboxylic acids is 1. The third kappa shape index (κ3) is 2.92. The van der Waals surface area contributed by atoms with E-state index in [9.17, 15) is 9.59 Å². The molecule has 1 aromatic heterocycles. The second-order valence-corrected chi connectivity index (χ2v) is 5.50. The standard InChI is InChI=1S/C18H16N4O2/c1-21-15-4-2-3-5-16(15)22(18(21)24)12-17(23)20-14-8-6-13(7-9-14)10-11-19/h2-9H,10,12H2,1H3,(H,20,23). The largest absolute Gasteiger partial charge is 0.329 e. The first-order valence-electron chi connectivity index (χ1n) is 7.50. The SMILES string of the molecule is Cn1c(=O)n(CC(=O)Nc2ccc(CC#N)cc2)c2ccccc21. The van der Waals surface area contributed by atoms with Crippen molar-refractivity contribution >= 4 is 22.6 Å². The van der Waals surface area contributed by atoms with E-state index in [1.807, 2.05) is 24.3 Å². The number of anilines is 1. The molecular formula is C18H16N4O2. The molecule has 0 fully saturated rings. The van der Waals surface area contributed by atoms with Crippen molar-refractivity contribution in [1.82, 2.24) is 9.13 Å². The van der Waals surface area contributed by atoms with Crippen LogP contribution >= 0.6 is 0 Å². The van der Waals surface area contributed by atoms with Crippen molar-refractivity contribution in [3.63, 3.8) is 0 Å². The summed E-state index contributed by atoms with van der Waals surface area (Å²) >= 11 is 0. The van der Waals surface area contributed by atoms with Crippen LogP contribution in [0.5, 0.6) is 0 Å². The van der Waals surface area contributed by atoms with Gasteiger partial charge in [0.25, 0.3) is 0 Å². The highest BCUT2D eigenvalue weighted by Gasteiger charge is 2.13. The van der Waals surface area contributed by atoms with Crippen LogP contribution in [0.4, 0.5) is 5.69 Å². The van der Waals surface area contributed by atoms with Gasteiger partial charge in [-0.2, -0.15) is 5.26 Å². The second-order valence-electron chi connectivity index (χ2n) is 5.50. The highest BCUT2D eigenvalue weighted by atomic mass is 16.2. The number of fused-ring (bicyclic) bond motifs is 1. The van der Waals surface area contributed by atoms with Gasteiger partial charge in [-0.1, -0.05) is 24.3 Å². The molecule has 0 bridgehead atoms. The number of aryl methyl sites for hydroxylation is 1. The van der Waals surface area contributed by atoms with Gasteiger partial charge in [0.05, 0.1) is 23.5 Å². The molecular weight excluding hydrogens is 304 g/mol. The first kappa shape index (κ1) is 15.6. The zero-order valence-corrected chi connectivity index (χ0v) is 13.2. The highest BCUT2D eigenvalue weighted by molar-refractivity contribution is 5.91. The first-order chi connectivity index (χ1) is 11.6. The number of aromatic nitrogens is 2. The Morgan fingerprint density at radius 2 is 1.79 bits per heavy atom. The molecule has 24 heavy (non-hydrogen) atoms. The molecule has 0 radical (unpaired) electrons. The molecule has 3 rings (SSSR count). The maximum atomic E-state index is 12.3. The van der Waals surface area contributed by atoms with Crippen molar-refractivity contribution in [3.05, 3.63) is 64.6 Å². The van der Waals surface area contributed by atoms with E-state index in [0.29, 0.717) is 12.1 Å². The highest BCUT2D eigenvalue weighted by Crippen LogP contribution is 2.13. The third-order valence-electron chi connectivity index (χ3n) is 3.87. The van der Waals surface area contributed by atoms with Crippen molar-refractivity contribution in [2.45, 2.75) is 13.0 Å². The van der Waals surface area contributed by atoms with E-state index < -0.39 is 0 Å². The van der Waals surface area contributed by atoms with Gasteiger partial charge >= 0.3 is 5.69 Å².